The van der Waals surface area contributed by atoms with Crippen LogP contribution in [-0.2, 0) is 22.6 Å². The van der Waals surface area contributed by atoms with E-state index < -0.39 is 6.04 Å². The number of nitrogens with zero attached hydrogens (tertiary/aromatic N) is 2. The Morgan fingerprint density at radius 3 is 2.68 bits per heavy atom. The lowest BCUT2D eigenvalue weighted by atomic mass is 9.99. The molecule has 1 saturated heterocycles. The van der Waals surface area contributed by atoms with Crippen molar-refractivity contribution in [2.24, 2.45) is 0 Å². The van der Waals surface area contributed by atoms with Crippen molar-refractivity contribution in [2.45, 2.75) is 51.8 Å². The van der Waals surface area contributed by atoms with Gasteiger partial charge in [-0.1, -0.05) is 17.3 Å². The molecule has 3 aliphatic heterocycles. The number of fused-ring (bicyclic) bond motifs is 7. The van der Waals surface area contributed by atoms with Crippen LogP contribution in [-0.4, -0.2) is 66.7 Å². The van der Waals surface area contributed by atoms with Gasteiger partial charge in [-0.05, 0) is 56.2 Å². The number of methoxy groups -OCH3 is 1. The molecular formula is C30H34N4O7. The molecule has 3 aliphatic rings. The number of amides is 3. The molecule has 0 radical (unpaired) electrons. The molecule has 2 N–H and O–H groups in total. The van der Waals surface area contributed by atoms with Crippen LogP contribution in [0.5, 0.6) is 17.2 Å². The molecule has 2 atom stereocenters. The van der Waals surface area contributed by atoms with Gasteiger partial charge in [-0.25, -0.2) is 0 Å². The van der Waals surface area contributed by atoms with E-state index in [2.05, 4.69) is 15.8 Å². The van der Waals surface area contributed by atoms with E-state index in [0.29, 0.717) is 56.0 Å². The number of carbonyl (C=O) groups is 3. The first-order valence-corrected chi connectivity index (χ1v) is 13.6. The molecule has 3 aromatic rings. The van der Waals surface area contributed by atoms with E-state index >= 15 is 0 Å². The second kappa shape index (κ2) is 12.3. The number of aromatic nitrogens is 1. The SMILES string of the molecule is COc1ccc2cc1OCC(=O)NCc1ccc(cc1)O[C@@H]1CCN(C(=O)CCc3c(C)noc3C)C[C@@H]1NC2=O. The molecule has 6 rings (SSSR count). The molecule has 0 spiro atoms. The van der Waals surface area contributed by atoms with Gasteiger partial charge in [-0.2, -0.15) is 0 Å². The predicted molar refractivity (Wildman–Crippen MR) is 148 cm³/mol. The molecule has 2 aromatic carbocycles. The monoisotopic (exact) mass is 562 g/mol. The van der Waals surface area contributed by atoms with E-state index in [0.717, 1.165) is 22.6 Å². The first kappa shape index (κ1) is 28.0. The van der Waals surface area contributed by atoms with Crippen LogP contribution in [0.25, 0.3) is 0 Å². The van der Waals surface area contributed by atoms with E-state index in [1.54, 1.807) is 23.1 Å². The average molecular weight is 563 g/mol. The number of hydrogen-bond donors (Lipinski definition) is 2. The maximum absolute atomic E-state index is 13.4. The molecular weight excluding hydrogens is 528 g/mol. The Labute approximate surface area is 238 Å². The van der Waals surface area contributed by atoms with Crippen LogP contribution in [0.3, 0.4) is 0 Å². The highest BCUT2D eigenvalue weighted by atomic mass is 16.5. The Bertz CT molecular complexity index is 1400. The van der Waals surface area contributed by atoms with E-state index in [1.165, 1.54) is 7.11 Å². The lowest BCUT2D eigenvalue weighted by Gasteiger charge is -2.39. The second-order valence-electron chi connectivity index (χ2n) is 10.2. The summed E-state index contributed by atoms with van der Waals surface area (Å²) < 4.78 is 22.6. The highest BCUT2D eigenvalue weighted by Crippen LogP contribution is 2.29. The van der Waals surface area contributed by atoms with E-state index in [1.807, 2.05) is 38.1 Å². The van der Waals surface area contributed by atoms with Gasteiger partial charge in [0.1, 0.15) is 17.6 Å². The third kappa shape index (κ3) is 6.62. The van der Waals surface area contributed by atoms with Crippen LogP contribution >= 0.6 is 0 Å². The standard InChI is InChI=1S/C30H34N4O7/c1-18-23(19(2)41-33-18)9-11-29(36)34-13-12-25-24(16-34)32-30(37)21-6-10-26(38-3)27(14-21)39-17-28(35)31-15-20-4-7-22(40-25)8-5-20/h4-8,10,14,24-25H,9,11-13,15-17H2,1-3H3,(H,31,35)(H,32,37)/t24-,25+/m0/s1. The number of hydrogen-bond acceptors (Lipinski definition) is 8. The molecule has 11 nitrogen and oxygen atoms in total. The molecule has 11 heteroatoms. The minimum absolute atomic E-state index is 0.0113. The van der Waals surface area contributed by atoms with Crippen LogP contribution < -0.4 is 24.8 Å². The molecule has 4 heterocycles. The Balaban J connectivity index is 1.37. The summed E-state index contributed by atoms with van der Waals surface area (Å²) in [6.45, 7) is 4.60. The fourth-order valence-corrected chi connectivity index (χ4v) is 5.12. The Hall–Kier alpha value is -4.54. The maximum Gasteiger partial charge on any atom is 0.258 e. The number of carbonyl (C=O) groups excluding carboxylic acids is 3. The summed E-state index contributed by atoms with van der Waals surface area (Å²) in [5.41, 5.74) is 2.97. The summed E-state index contributed by atoms with van der Waals surface area (Å²) in [4.78, 5) is 40.8. The van der Waals surface area contributed by atoms with Gasteiger partial charge >= 0.3 is 0 Å². The second-order valence-corrected chi connectivity index (χ2v) is 10.2. The highest BCUT2D eigenvalue weighted by molar-refractivity contribution is 5.95. The summed E-state index contributed by atoms with van der Waals surface area (Å²) in [5, 5.41) is 9.87. The number of aryl methyl sites for hydroxylation is 2. The minimum atomic E-state index is -0.468. The molecule has 3 amide bonds. The number of rotatable bonds is 4. The van der Waals surface area contributed by atoms with Crippen molar-refractivity contribution in [3.05, 3.63) is 70.6 Å². The van der Waals surface area contributed by atoms with Gasteiger partial charge in [-0.15, -0.1) is 0 Å². The third-order valence-electron chi connectivity index (χ3n) is 7.47. The lowest BCUT2D eigenvalue weighted by Crippen LogP contribution is -2.58. The van der Waals surface area contributed by atoms with Gasteiger partial charge < -0.3 is 34.3 Å². The van der Waals surface area contributed by atoms with Gasteiger partial charge in [0, 0.05) is 43.6 Å². The number of benzene rings is 2. The van der Waals surface area contributed by atoms with Crippen molar-refractivity contribution < 1.29 is 33.1 Å². The molecule has 1 aromatic heterocycles. The maximum atomic E-state index is 13.4. The topological polar surface area (TPSA) is 132 Å². The minimum Gasteiger partial charge on any atom is -0.493 e. The normalized spacial score (nSPS) is 19.2. The zero-order valence-corrected chi connectivity index (χ0v) is 23.4. The fraction of sp³-hybridized carbons (Fsp3) is 0.400. The quantitative estimate of drug-likeness (QED) is 0.496. The molecule has 41 heavy (non-hydrogen) atoms. The summed E-state index contributed by atoms with van der Waals surface area (Å²) in [5.74, 6) is 1.36. The van der Waals surface area contributed by atoms with Crippen molar-refractivity contribution in [1.29, 1.82) is 0 Å². The third-order valence-corrected chi connectivity index (χ3v) is 7.47. The Morgan fingerprint density at radius 2 is 1.95 bits per heavy atom. The van der Waals surface area contributed by atoms with E-state index in [4.69, 9.17) is 18.7 Å². The van der Waals surface area contributed by atoms with E-state index in [9.17, 15) is 14.4 Å². The largest absolute Gasteiger partial charge is 0.493 e. The molecule has 0 unspecified atom stereocenters. The summed E-state index contributed by atoms with van der Waals surface area (Å²) in [6.07, 6.45) is 1.02. The fourth-order valence-electron chi connectivity index (χ4n) is 5.12. The number of ether oxygens (including phenoxy) is 3. The van der Waals surface area contributed by atoms with Crippen LogP contribution in [0.4, 0.5) is 0 Å². The molecule has 0 saturated carbocycles. The van der Waals surface area contributed by atoms with Crippen molar-refractivity contribution in [2.75, 3.05) is 26.8 Å². The predicted octanol–water partition coefficient (Wildman–Crippen LogP) is 2.72. The zero-order valence-electron chi connectivity index (χ0n) is 23.4. The molecule has 1 fully saturated rings. The molecule has 216 valence electrons. The average Bonchev–Trinajstić information content (AvgIpc) is 3.30. The molecule has 0 aliphatic carbocycles. The lowest BCUT2D eigenvalue weighted by molar-refractivity contribution is -0.133. The van der Waals surface area contributed by atoms with Gasteiger partial charge in [0.25, 0.3) is 11.8 Å². The summed E-state index contributed by atoms with van der Waals surface area (Å²) in [7, 11) is 1.49. The first-order valence-electron chi connectivity index (χ1n) is 13.6. The summed E-state index contributed by atoms with van der Waals surface area (Å²) in [6, 6.07) is 11.7. The van der Waals surface area contributed by atoms with Crippen LogP contribution in [0.2, 0.25) is 0 Å². The number of piperidine rings is 1. The van der Waals surface area contributed by atoms with E-state index in [-0.39, 0.29) is 36.2 Å². The van der Waals surface area contributed by atoms with Crippen molar-refractivity contribution in [3.63, 3.8) is 0 Å². The van der Waals surface area contributed by atoms with Gasteiger partial charge in [0.15, 0.2) is 18.1 Å². The van der Waals surface area contributed by atoms with Crippen molar-refractivity contribution in [3.8, 4) is 17.2 Å². The van der Waals surface area contributed by atoms with Gasteiger partial charge in [-0.3, -0.25) is 14.4 Å². The van der Waals surface area contributed by atoms with Crippen LogP contribution in [0.15, 0.2) is 47.0 Å². The molecule has 4 bridgehead atoms. The summed E-state index contributed by atoms with van der Waals surface area (Å²) >= 11 is 0. The van der Waals surface area contributed by atoms with Crippen molar-refractivity contribution >= 4 is 17.7 Å². The highest BCUT2D eigenvalue weighted by Gasteiger charge is 2.34. The van der Waals surface area contributed by atoms with Crippen molar-refractivity contribution in [1.82, 2.24) is 20.7 Å². The smallest absolute Gasteiger partial charge is 0.258 e. The number of likely N-dealkylation sites (tertiary alicyclic amines) is 1. The van der Waals surface area contributed by atoms with Crippen LogP contribution in [0, 0.1) is 13.8 Å². The van der Waals surface area contributed by atoms with Crippen LogP contribution in [0.1, 0.15) is 45.8 Å². The van der Waals surface area contributed by atoms with Gasteiger partial charge in [0.05, 0.1) is 18.8 Å². The zero-order chi connectivity index (χ0) is 28.9. The first-order chi connectivity index (χ1) is 19.8. The number of nitrogens with one attached hydrogen (secondary N) is 2. The Morgan fingerprint density at radius 1 is 1.15 bits per heavy atom. The van der Waals surface area contributed by atoms with Gasteiger partial charge in [0.2, 0.25) is 5.91 Å². The Kier molecular flexibility index (Phi) is 8.42.